The molecule has 0 bridgehead atoms. The van der Waals surface area contributed by atoms with Crippen LogP contribution in [0.2, 0.25) is 5.02 Å². The van der Waals surface area contributed by atoms with Crippen LogP contribution < -0.4 is 4.74 Å². The average Bonchev–Trinajstić information content (AvgIpc) is 3.12. The number of para-hydroxylation sites is 1. The van der Waals surface area contributed by atoms with Gasteiger partial charge in [-0.15, -0.1) is 0 Å². The van der Waals surface area contributed by atoms with Crippen molar-refractivity contribution in [1.82, 2.24) is 9.88 Å². The van der Waals surface area contributed by atoms with Crippen molar-refractivity contribution in [2.45, 2.75) is 12.8 Å². The molecule has 0 atom stereocenters. The summed E-state index contributed by atoms with van der Waals surface area (Å²) in [6.45, 7) is 1.76. The average molecular weight is 381 g/mol. The zero-order chi connectivity index (χ0) is 18.6. The molecule has 0 aliphatic carbocycles. The third-order valence-corrected chi connectivity index (χ3v) is 5.11. The molecule has 0 fully saturated rings. The Balaban J connectivity index is 1.36. The highest BCUT2D eigenvalue weighted by atomic mass is 35.5. The summed E-state index contributed by atoms with van der Waals surface area (Å²) in [5, 5.41) is 1.86. The molecule has 0 radical (unpaired) electrons. The van der Waals surface area contributed by atoms with Crippen molar-refractivity contribution in [3.05, 3.63) is 71.4 Å². The maximum Gasteiger partial charge on any atom is 0.226 e. The van der Waals surface area contributed by atoms with Gasteiger partial charge in [0.1, 0.15) is 5.75 Å². The number of amides is 1. The number of nitrogens with zero attached hydrogens (tertiary/aromatic N) is 1. The Morgan fingerprint density at radius 2 is 2.04 bits per heavy atom. The lowest BCUT2D eigenvalue weighted by Gasteiger charge is -2.26. The molecule has 3 aromatic rings. The standard InChI is InChI=1S/C22H21ClN2O2/c23-17-6-7-21-19(14-17)20(15-24-21)16-8-11-25(12-9-16)22(26)10-13-27-18-4-2-1-3-5-18/h1-8,14-15,24H,9-13H2. The van der Waals surface area contributed by atoms with Crippen LogP contribution in [0.5, 0.6) is 5.75 Å². The van der Waals surface area contributed by atoms with Gasteiger partial charge in [0.05, 0.1) is 13.0 Å². The highest BCUT2D eigenvalue weighted by Gasteiger charge is 2.19. The van der Waals surface area contributed by atoms with E-state index in [0.717, 1.165) is 34.6 Å². The highest BCUT2D eigenvalue weighted by molar-refractivity contribution is 6.31. The lowest BCUT2D eigenvalue weighted by atomic mass is 9.99. The second-order valence-electron chi connectivity index (χ2n) is 6.62. The van der Waals surface area contributed by atoms with Crippen molar-refractivity contribution in [2.24, 2.45) is 0 Å². The SMILES string of the molecule is O=C(CCOc1ccccc1)N1CC=C(c2c[nH]c3ccc(Cl)cc23)CC1. The van der Waals surface area contributed by atoms with Gasteiger partial charge in [0.2, 0.25) is 5.91 Å². The van der Waals surface area contributed by atoms with Crippen LogP contribution in [0.4, 0.5) is 0 Å². The van der Waals surface area contributed by atoms with Gasteiger partial charge >= 0.3 is 0 Å². The zero-order valence-corrected chi connectivity index (χ0v) is 15.7. The van der Waals surface area contributed by atoms with Gasteiger partial charge in [-0.25, -0.2) is 0 Å². The van der Waals surface area contributed by atoms with E-state index in [1.807, 2.05) is 59.6 Å². The van der Waals surface area contributed by atoms with Crippen molar-refractivity contribution < 1.29 is 9.53 Å². The number of hydrogen-bond acceptors (Lipinski definition) is 2. The van der Waals surface area contributed by atoms with E-state index in [1.165, 1.54) is 11.1 Å². The molecule has 0 saturated heterocycles. The van der Waals surface area contributed by atoms with Crippen molar-refractivity contribution in [1.29, 1.82) is 0 Å². The van der Waals surface area contributed by atoms with Gasteiger partial charge < -0.3 is 14.6 Å². The minimum absolute atomic E-state index is 0.128. The molecule has 27 heavy (non-hydrogen) atoms. The monoisotopic (exact) mass is 380 g/mol. The molecule has 2 aromatic carbocycles. The maximum absolute atomic E-state index is 12.4. The van der Waals surface area contributed by atoms with Gasteiger partial charge in [-0.2, -0.15) is 0 Å². The summed E-state index contributed by atoms with van der Waals surface area (Å²) >= 11 is 6.15. The summed E-state index contributed by atoms with van der Waals surface area (Å²) < 4.78 is 5.63. The van der Waals surface area contributed by atoms with Gasteiger partial charge in [-0.05, 0) is 42.3 Å². The summed E-state index contributed by atoms with van der Waals surface area (Å²) in [5.74, 6) is 0.923. The largest absolute Gasteiger partial charge is 0.493 e. The van der Waals surface area contributed by atoms with Crippen molar-refractivity contribution in [2.75, 3.05) is 19.7 Å². The topological polar surface area (TPSA) is 45.3 Å². The maximum atomic E-state index is 12.4. The minimum Gasteiger partial charge on any atom is -0.493 e. The Labute approximate surface area is 163 Å². The first kappa shape index (κ1) is 17.7. The molecular formula is C22H21ClN2O2. The normalized spacial score (nSPS) is 14.3. The summed E-state index contributed by atoms with van der Waals surface area (Å²) in [6, 6.07) is 15.4. The third kappa shape index (κ3) is 4.01. The smallest absolute Gasteiger partial charge is 0.226 e. The molecule has 1 aliphatic heterocycles. The number of carbonyl (C=O) groups is 1. The quantitative estimate of drug-likeness (QED) is 0.683. The first-order chi connectivity index (χ1) is 13.2. The zero-order valence-electron chi connectivity index (χ0n) is 15.0. The number of halogens is 1. The molecule has 4 nitrogen and oxygen atoms in total. The number of benzene rings is 2. The Morgan fingerprint density at radius 3 is 2.81 bits per heavy atom. The molecule has 1 aromatic heterocycles. The van der Waals surface area contributed by atoms with E-state index >= 15 is 0 Å². The van der Waals surface area contributed by atoms with E-state index in [0.29, 0.717) is 19.6 Å². The number of fused-ring (bicyclic) bond motifs is 1. The molecule has 2 heterocycles. The van der Waals surface area contributed by atoms with E-state index in [-0.39, 0.29) is 5.91 Å². The lowest BCUT2D eigenvalue weighted by Crippen LogP contribution is -2.35. The van der Waals surface area contributed by atoms with Crippen LogP contribution in [0, 0.1) is 0 Å². The van der Waals surface area contributed by atoms with Crippen molar-refractivity contribution in [3.8, 4) is 5.75 Å². The Bertz CT molecular complexity index is 978. The first-order valence-electron chi connectivity index (χ1n) is 9.12. The number of ether oxygens (including phenoxy) is 1. The van der Waals surface area contributed by atoms with E-state index in [2.05, 4.69) is 11.1 Å². The van der Waals surface area contributed by atoms with Crippen molar-refractivity contribution >= 4 is 34.0 Å². The molecule has 1 aliphatic rings. The fraction of sp³-hybridized carbons (Fsp3) is 0.227. The molecule has 0 unspecified atom stereocenters. The van der Waals surface area contributed by atoms with Gasteiger partial charge in [0.15, 0.2) is 0 Å². The van der Waals surface area contributed by atoms with E-state index in [1.54, 1.807) is 0 Å². The Morgan fingerprint density at radius 1 is 1.19 bits per heavy atom. The molecule has 5 heteroatoms. The fourth-order valence-corrected chi connectivity index (χ4v) is 3.60. The summed E-state index contributed by atoms with van der Waals surface area (Å²) in [6.07, 6.45) is 5.40. The van der Waals surface area contributed by atoms with Gasteiger partial charge in [-0.3, -0.25) is 4.79 Å². The molecular weight excluding hydrogens is 360 g/mol. The van der Waals surface area contributed by atoms with E-state index in [4.69, 9.17) is 16.3 Å². The lowest BCUT2D eigenvalue weighted by molar-refractivity contribution is -0.131. The molecule has 0 spiro atoms. The number of aromatic amines is 1. The third-order valence-electron chi connectivity index (χ3n) is 4.88. The minimum atomic E-state index is 0.128. The van der Waals surface area contributed by atoms with Crippen LogP contribution in [-0.4, -0.2) is 35.5 Å². The fourth-order valence-electron chi connectivity index (χ4n) is 3.43. The van der Waals surface area contributed by atoms with Gasteiger partial charge in [0, 0.05) is 40.8 Å². The number of hydrogen-bond donors (Lipinski definition) is 1. The van der Waals surface area contributed by atoms with E-state index in [9.17, 15) is 4.79 Å². The number of H-pyrrole nitrogens is 1. The molecule has 1 N–H and O–H groups in total. The highest BCUT2D eigenvalue weighted by Crippen LogP contribution is 2.31. The number of nitrogens with one attached hydrogen (secondary N) is 1. The van der Waals surface area contributed by atoms with Crippen molar-refractivity contribution in [3.63, 3.8) is 0 Å². The van der Waals surface area contributed by atoms with E-state index < -0.39 is 0 Å². The predicted molar refractivity (Wildman–Crippen MR) is 109 cm³/mol. The van der Waals surface area contributed by atoms with Crippen LogP contribution in [0.15, 0.2) is 60.8 Å². The van der Waals surface area contributed by atoms with Gasteiger partial charge in [-0.1, -0.05) is 35.9 Å². The Hall–Kier alpha value is -2.72. The summed E-state index contributed by atoms with van der Waals surface area (Å²) in [4.78, 5) is 17.6. The van der Waals surface area contributed by atoms with Gasteiger partial charge in [0.25, 0.3) is 0 Å². The summed E-state index contributed by atoms with van der Waals surface area (Å²) in [5.41, 5.74) is 3.51. The second kappa shape index (κ2) is 7.89. The second-order valence-corrected chi connectivity index (χ2v) is 7.06. The number of carbonyl (C=O) groups excluding carboxylic acids is 1. The van der Waals surface area contributed by atoms with Crippen LogP contribution in [0.25, 0.3) is 16.5 Å². The van der Waals surface area contributed by atoms with Crippen LogP contribution >= 0.6 is 11.6 Å². The Kier molecular flexibility index (Phi) is 5.16. The molecule has 138 valence electrons. The summed E-state index contributed by atoms with van der Waals surface area (Å²) in [7, 11) is 0. The number of rotatable bonds is 5. The molecule has 1 amide bonds. The predicted octanol–water partition coefficient (Wildman–Crippen LogP) is 4.91. The van der Waals surface area contributed by atoms with Crippen LogP contribution in [0.3, 0.4) is 0 Å². The van der Waals surface area contributed by atoms with Crippen LogP contribution in [0.1, 0.15) is 18.4 Å². The van der Waals surface area contributed by atoms with Crippen LogP contribution in [-0.2, 0) is 4.79 Å². The molecule has 4 rings (SSSR count). The molecule has 0 saturated carbocycles. The first-order valence-corrected chi connectivity index (χ1v) is 9.50. The number of aromatic nitrogens is 1.